The van der Waals surface area contributed by atoms with Gasteiger partial charge in [-0.15, -0.1) is 0 Å². The highest BCUT2D eigenvalue weighted by atomic mass is 28.4. The fourth-order valence-electron chi connectivity index (χ4n) is 2.72. The molecule has 24 heavy (non-hydrogen) atoms. The molecular weight excluding hydrogens is 332 g/mol. The lowest BCUT2D eigenvalue weighted by atomic mass is 10.4. The van der Waals surface area contributed by atoms with Crippen LogP contribution < -0.4 is 22.1 Å². The molecule has 7 heteroatoms. The van der Waals surface area contributed by atoms with Crippen LogP contribution in [0.2, 0.25) is 37.3 Å². The highest BCUT2D eigenvalue weighted by Crippen LogP contribution is 2.18. The lowest BCUT2D eigenvalue weighted by molar-refractivity contribution is 0.401. The van der Waals surface area contributed by atoms with Gasteiger partial charge in [0.25, 0.3) is 0 Å². The third kappa shape index (κ3) is 14.6. The molecule has 6 N–H and O–H groups in total. The minimum Gasteiger partial charge on any atom is -0.420 e. The van der Waals surface area contributed by atoms with Gasteiger partial charge < -0.3 is 26.5 Å². The topological polar surface area (TPSA) is 85.3 Å². The predicted molar refractivity (Wildman–Crippen MR) is 115 cm³/mol. The summed E-state index contributed by atoms with van der Waals surface area (Å²) >= 11 is 0. The van der Waals surface area contributed by atoms with E-state index < -0.39 is 16.4 Å². The molecule has 0 aromatic heterocycles. The molecule has 5 nitrogen and oxygen atoms in total. The summed E-state index contributed by atoms with van der Waals surface area (Å²) in [5.74, 6) is 0. The van der Waals surface area contributed by atoms with Crippen molar-refractivity contribution < 1.29 is 4.43 Å². The van der Waals surface area contributed by atoms with Crippen molar-refractivity contribution in [3.8, 4) is 0 Å². The Labute approximate surface area is 153 Å². The van der Waals surface area contributed by atoms with Gasteiger partial charge in [0.1, 0.15) is 0 Å². The van der Waals surface area contributed by atoms with Crippen molar-refractivity contribution in [2.75, 3.05) is 46.5 Å². The molecule has 0 unspecified atom stereocenters. The molecule has 0 saturated carbocycles. The van der Waals surface area contributed by atoms with Gasteiger partial charge in [0.15, 0.2) is 8.32 Å². The molecule has 0 aliphatic rings. The van der Waals surface area contributed by atoms with Crippen LogP contribution in [0.1, 0.15) is 26.7 Å². The Balaban J connectivity index is 0. The molecule has 0 heterocycles. The average molecular weight is 379 g/mol. The zero-order chi connectivity index (χ0) is 18.9. The maximum Gasteiger partial charge on any atom is 0.186 e. The molecule has 0 amide bonds. The standard InChI is InChI=1S/C9H24N2OSi.C8H22N2Si/c1-12-13(2,3)9-5-8-11-7-4-6-10;1-4-11(5-2,7-6-9)8-10-3/h11H,4-10H2,1-3H3;10H,4-9H2,1-3H3. The van der Waals surface area contributed by atoms with Crippen LogP contribution >= 0.6 is 0 Å². The maximum atomic E-state index is 5.60. The van der Waals surface area contributed by atoms with Crippen LogP contribution in [0.25, 0.3) is 0 Å². The molecule has 0 aliphatic carbocycles. The smallest absolute Gasteiger partial charge is 0.186 e. The van der Waals surface area contributed by atoms with E-state index in [1.807, 2.05) is 14.2 Å². The van der Waals surface area contributed by atoms with Gasteiger partial charge in [0, 0.05) is 7.11 Å². The monoisotopic (exact) mass is 378 g/mol. The number of nitrogens with two attached hydrogens (primary N) is 2. The Hall–Kier alpha value is 0.234. The molecular formula is C17H46N4OSi2. The lowest BCUT2D eigenvalue weighted by Crippen LogP contribution is -2.44. The van der Waals surface area contributed by atoms with Crippen molar-refractivity contribution >= 4 is 16.4 Å². The van der Waals surface area contributed by atoms with E-state index in [9.17, 15) is 0 Å². The Morgan fingerprint density at radius 1 is 0.917 bits per heavy atom. The van der Waals surface area contributed by atoms with Gasteiger partial charge in [-0.3, -0.25) is 0 Å². The summed E-state index contributed by atoms with van der Waals surface area (Å²) in [6.07, 6.45) is 3.53. The first-order valence-electron chi connectivity index (χ1n) is 9.67. The molecule has 0 aliphatic heterocycles. The minimum atomic E-state index is -1.31. The number of rotatable bonds is 14. The molecule has 0 radical (unpaired) electrons. The van der Waals surface area contributed by atoms with E-state index in [1.165, 1.54) is 36.8 Å². The Bertz CT molecular complexity index is 257. The van der Waals surface area contributed by atoms with Crippen LogP contribution in [0, 0.1) is 0 Å². The van der Waals surface area contributed by atoms with Crippen molar-refractivity contribution in [2.45, 2.75) is 64.0 Å². The normalized spacial score (nSPS) is 12.0. The SMILES string of the molecule is CC[Si](CC)(CCN)CNC.CO[Si](C)(C)CCCNCCCN. The van der Waals surface area contributed by atoms with Crippen LogP contribution in [0.5, 0.6) is 0 Å². The van der Waals surface area contributed by atoms with E-state index in [2.05, 4.69) is 37.6 Å². The molecule has 0 atom stereocenters. The second kappa shape index (κ2) is 16.7. The second-order valence-corrected chi connectivity index (χ2v) is 16.9. The molecule has 0 saturated heterocycles. The Morgan fingerprint density at radius 2 is 1.50 bits per heavy atom. The average Bonchev–Trinajstić information content (AvgIpc) is 2.58. The summed E-state index contributed by atoms with van der Waals surface area (Å²) in [4.78, 5) is 0. The van der Waals surface area contributed by atoms with Gasteiger partial charge in [-0.1, -0.05) is 25.9 Å². The van der Waals surface area contributed by atoms with E-state index in [0.29, 0.717) is 0 Å². The summed E-state index contributed by atoms with van der Waals surface area (Å²) in [5.41, 5.74) is 11.0. The number of hydrogen-bond donors (Lipinski definition) is 4. The van der Waals surface area contributed by atoms with Gasteiger partial charge >= 0.3 is 0 Å². The van der Waals surface area contributed by atoms with Crippen molar-refractivity contribution in [3.05, 3.63) is 0 Å². The zero-order valence-corrected chi connectivity index (χ0v) is 19.3. The zero-order valence-electron chi connectivity index (χ0n) is 17.3. The van der Waals surface area contributed by atoms with Gasteiger partial charge in [-0.2, -0.15) is 0 Å². The first kappa shape index (κ1) is 26.5. The number of hydrogen-bond acceptors (Lipinski definition) is 5. The third-order valence-corrected chi connectivity index (χ3v) is 13.1. The largest absolute Gasteiger partial charge is 0.420 e. The third-order valence-electron chi connectivity index (χ3n) is 4.97. The molecule has 148 valence electrons. The van der Waals surface area contributed by atoms with Crippen LogP contribution in [0.15, 0.2) is 0 Å². The Kier molecular flexibility index (Phi) is 18.4. The van der Waals surface area contributed by atoms with E-state index in [-0.39, 0.29) is 0 Å². The first-order chi connectivity index (χ1) is 11.4. The molecule has 0 fully saturated rings. The van der Waals surface area contributed by atoms with Crippen LogP contribution in [0.4, 0.5) is 0 Å². The highest BCUT2D eigenvalue weighted by Gasteiger charge is 2.26. The van der Waals surface area contributed by atoms with E-state index in [4.69, 9.17) is 15.9 Å². The highest BCUT2D eigenvalue weighted by molar-refractivity contribution is 6.80. The molecule has 0 aromatic rings. The Morgan fingerprint density at radius 3 is 1.92 bits per heavy atom. The molecule has 0 spiro atoms. The molecule has 0 bridgehead atoms. The van der Waals surface area contributed by atoms with Crippen molar-refractivity contribution in [1.29, 1.82) is 0 Å². The molecule has 0 rings (SSSR count). The van der Waals surface area contributed by atoms with Gasteiger partial charge in [0.2, 0.25) is 0 Å². The van der Waals surface area contributed by atoms with Gasteiger partial charge in [-0.05, 0) is 77.4 Å². The van der Waals surface area contributed by atoms with Crippen molar-refractivity contribution in [2.24, 2.45) is 11.5 Å². The van der Waals surface area contributed by atoms with Gasteiger partial charge in [0.05, 0.1) is 8.07 Å². The summed E-state index contributed by atoms with van der Waals surface area (Å²) in [6.45, 7) is 12.9. The van der Waals surface area contributed by atoms with E-state index >= 15 is 0 Å². The second-order valence-electron chi connectivity index (χ2n) is 7.24. The first-order valence-corrected chi connectivity index (χ1v) is 15.6. The predicted octanol–water partition coefficient (Wildman–Crippen LogP) is 2.36. The van der Waals surface area contributed by atoms with E-state index in [0.717, 1.165) is 32.6 Å². The van der Waals surface area contributed by atoms with Crippen LogP contribution in [-0.4, -0.2) is 62.9 Å². The van der Waals surface area contributed by atoms with E-state index in [1.54, 1.807) is 0 Å². The quantitative estimate of drug-likeness (QED) is 0.275. The minimum absolute atomic E-state index is 0.783. The van der Waals surface area contributed by atoms with Crippen LogP contribution in [-0.2, 0) is 4.43 Å². The summed E-state index contributed by atoms with van der Waals surface area (Å²) in [7, 11) is 1.58. The lowest BCUT2D eigenvalue weighted by Gasteiger charge is -2.28. The maximum absolute atomic E-state index is 5.60. The summed E-state index contributed by atoms with van der Waals surface area (Å²) < 4.78 is 5.46. The van der Waals surface area contributed by atoms with Crippen molar-refractivity contribution in [3.63, 3.8) is 0 Å². The van der Waals surface area contributed by atoms with Crippen molar-refractivity contribution in [1.82, 2.24) is 10.6 Å². The number of nitrogens with one attached hydrogen (secondary N) is 2. The fraction of sp³-hybridized carbons (Fsp3) is 1.00. The molecule has 0 aromatic carbocycles. The van der Waals surface area contributed by atoms with Gasteiger partial charge in [-0.25, -0.2) is 0 Å². The fourth-order valence-corrected chi connectivity index (χ4v) is 7.19. The summed E-state index contributed by atoms with van der Waals surface area (Å²) in [6, 6.07) is 5.24. The van der Waals surface area contributed by atoms with Crippen LogP contribution in [0.3, 0.4) is 0 Å². The summed E-state index contributed by atoms with van der Waals surface area (Å²) in [5, 5.41) is 6.67.